The second-order valence-corrected chi connectivity index (χ2v) is 12.7. The summed E-state index contributed by atoms with van der Waals surface area (Å²) in [6.45, 7) is 8.02. The molecule has 0 bridgehead atoms. The zero-order valence-electron chi connectivity index (χ0n) is 29.0. The number of allylic oxidation sites excluding steroid dienone is 1. The zero-order valence-corrected chi connectivity index (χ0v) is 29.0. The number of hydrazone groups is 1. The van der Waals surface area contributed by atoms with Crippen LogP contribution in [0.1, 0.15) is 75.6 Å². The second-order valence-electron chi connectivity index (χ2n) is 12.7. The summed E-state index contributed by atoms with van der Waals surface area (Å²) < 4.78 is 6.26. The van der Waals surface area contributed by atoms with Gasteiger partial charge < -0.3 is 25.2 Å². The molecule has 0 unspecified atom stereocenters. The smallest absolute Gasteiger partial charge is 0.301 e. The van der Waals surface area contributed by atoms with E-state index in [0.717, 1.165) is 36.4 Å². The van der Waals surface area contributed by atoms with Gasteiger partial charge in [0.25, 0.3) is 5.69 Å². The van der Waals surface area contributed by atoms with Crippen molar-refractivity contribution >= 4 is 23.3 Å². The molecule has 270 valence electrons. The first kappa shape index (κ1) is 39.6. The van der Waals surface area contributed by atoms with Crippen LogP contribution in [0.25, 0.3) is 0 Å². The van der Waals surface area contributed by atoms with Crippen LogP contribution in [-0.4, -0.2) is 55.3 Å². The van der Waals surface area contributed by atoms with Gasteiger partial charge in [-0.1, -0.05) is 70.5 Å². The molecule has 0 spiro atoms. The molecule has 0 aromatic heterocycles. The maximum absolute atomic E-state index is 11.6. The highest BCUT2D eigenvalue weighted by atomic mass is 16.6. The van der Waals surface area contributed by atoms with Crippen molar-refractivity contribution in [3.05, 3.63) is 109 Å². The van der Waals surface area contributed by atoms with Crippen molar-refractivity contribution in [3.63, 3.8) is 0 Å². The predicted octanol–water partition coefficient (Wildman–Crippen LogP) is 7.18. The number of hydrogen-bond donors (Lipinski definition) is 5. The molecule has 5 N–H and O–H groups in total. The number of aliphatic hydroxyl groups excluding tert-OH is 2. The number of hydrogen-bond acceptors (Lipinski definition) is 11. The van der Waals surface area contributed by atoms with Gasteiger partial charge in [-0.3, -0.25) is 25.7 Å². The molecule has 0 aliphatic carbocycles. The van der Waals surface area contributed by atoms with Crippen molar-refractivity contribution < 1.29 is 35.0 Å². The van der Waals surface area contributed by atoms with E-state index in [1.165, 1.54) is 0 Å². The number of anilines is 1. The quantitative estimate of drug-likeness (QED) is 0.0349. The SMILES string of the molecule is CC/C=C(\CO)[C@@H](C[C@@H](O)[C@@H](CCC)Cc1cc(CC(C)C)c(O)c(/C=N/Nc2ccc([N+](=O)[O-])cc2[N+](=O)[O-])c1O)OCc1ccccc1. The minimum Gasteiger partial charge on any atom is -0.507 e. The Bertz CT molecular complexity index is 1640. The molecule has 3 aromatic rings. The summed E-state index contributed by atoms with van der Waals surface area (Å²) in [5.41, 5.74) is 4.01. The third kappa shape index (κ3) is 11.1. The number of nitro groups is 2. The van der Waals surface area contributed by atoms with Crippen LogP contribution < -0.4 is 5.43 Å². The summed E-state index contributed by atoms with van der Waals surface area (Å²) in [6.07, 6.45) is 4.64. The highest BCUT2D eigenvalue weighted by Gasteiger charge is 2.28. The number of aliphatic hydroxyl groups is 2. The van der Waals surface area contributed by atoms with E-state index in [4.69, 9.17) is 4.74 Å². The normalized spacial score (nSPS) is 13.8. The Morgan fingerprint density at radius 1 is 0.980 bits per heavy atom. The highest BCUT2D eigenvalue weighted by molar-refractivity contribution is 5.89. The fourth-order valence-corrected chi connectivity index (χ4v) is 5.88. The number of nitrogens with one attached hydrogen (secondary N) is 1. The fraction of sp³-hybridized carbons (Fsp3) is 0.432. The van der Waals surface area contributed by atoms with Gasteiger partial charge in [-0.15, -0.1) is 0 Å². The average molecular weight is 693 g/mol. The van der Waals surface area contributed by atoms with Crippen LogP contribution >= 0.6 is 0 Å². The Kier molecular flexibility index (Phi) is 15.3. The second kappa shape index (κ2) is 19.4. The molecule has 3 rings (SSSR count). The van der Waals surface area contributed by atoms with Gasteiger partial charge >= 0.3 is 5.69 Å². The van der Waals surface area contributed by atoms with Crippen molar-refractivity contribution in [1.82, 2.24) is 0 Å². The molecule has 50 heavy (non-hydrogen) atoms. The third-order valence-corrected chi connectivity index (χ3v) is 8.36. The minimum absolute atomic E-state index is 0.0162. The molecule has 0 amide bonds. The lowest BCUT2D eigenvalue weighted by molar-refractivity contribution is -0.393. The van der Waals surface area contributed by atoms with Crippen LogP contribution in [0.3, 0.4) is 0 Å². The number of rotatable bonds is 20. The van der Waals surface area contributed by atoms with E-state index in [2.05, 4.69) is 10.5 Å². The molecule has 13 heteroatoms. The van der Waals surface area contributed by atoms with E-state index in [1.807, 2.05) is 64.1 Å². The number of nitrogens with zero attached hydrogens (tertiary/aromatic N) is 3. The van der Waals surface area contributed by atoms with Gasteiger partial charge in [0.1, 0.15) is 17.2 Å². The van der Waals surface area contributed by atoms with Gasteiger partial charge in [0, 0.05) is 12.5 Å². The molecule has 3 atom stereocenters. The monoisotopic (exact) mass is 692 g/mol. The van der Waals surface area contributed by atoms with E-state index < -0.39 is 33.4 Å². The van der Waals surface area contributed by atoms with Crippen LogP contribution in [-0.2, 0) is 24.2 Å². The number of phenols is 2. The molecule has 3 aromatic carbocycles. The Balaban J connectivity index is 1.94. The fourth-order valence-electron chi connectivity index (χ4n) is 5.88. The molecule has 0 aliphatic rings. The van der Waals surface area contributed by atoms with Crippen molar-refractivity contribution in [2.45, 2.75) is 85.0 Å². The zero-order chi connectivity index (χ0) is 36.8. The molecule has 0 saturated heterocycles. The van der Waals surface area contributed by atoms with E-state index >= 15 is 0 Å². The van der Waals surface area contributed by atoms with Gasteiger partial charge in [0.15, 0.2) is 0 Å². The molecular formula is C37H48N4O9. The van der Waals surface area contributed by atoms with Crippen LogP contribution in [0, 0.1) is 32.1 Å². The lowest BCUT2D eigenvalue weighted by Crippen LogP contribution is -2.31. The number of nitro benzene ring substituents is 2. The van der Waals surface area contributed by atoms with Gasteiger partial charge in [0.2, 0.25) is 0 Å². The Morgan fingerprint density at radius 2 is 1.66 bits per heavy atom. The Labute approximate surface area is 292 Å². The molecular weight excluding hydrogens is 644 g/mol. The highest BCUT2D eigenvalue weighted by Crippen LogP contribution is 2.37. The van der Waals surface area contributed by atoms with Crippen molar-refractivity contribution in [2.75, 3.05) is 12.0 Å². The van der Waals surface area contributed by atoms with E-state index in [1.54, 1.807) is 6.07 Å². The lowest BCUT2D eigenvalue weighted by atomic mass is 9.84. The molecule has 13 nitrogen and oxygen atoms in total. The van der Waals surface area contributed by atoms with Crippen LogP contribution in [0.2, 0.25) is 0 Å². The molecule has 0 radical (unpaired) electrons. The van der Waals surface area contributed by atoms with Crippen molar-refractivity contribution in [3.8, 4) is 11.5 Å². The molecule has 0 fully saturated rings. The van der Waals surface area contributed by atoms with E-state index in [-0.39, 0.29) is 54.0 Å². The van der Waals surface area contributed by atoms with Crippen molar-refractivity contribution in [1.29, 1.82) is 0 Å². The van der Waals surface area contributed by atoms with Gasteiger partial charge in [-0.2, -0.15) is 5.10 Å². The van der Waals surface area contributed by atoms with E-state index in [9.17, 15) is 40.7 Å². The predicted molar refractivity (Wildman–Crippen MR) is 192 cm³/mol. The lowest BCUT2D eigenvalue weighted by Gasteiger charge is -2.29. The number of aromatic hydroxyl groups is 2. The van der Waals surface area contributed by atoms with E-state index in [0.29, 0.717) is 42.6 Å². The minimum atomic E-state index is -0.870. The molecule has 0 saturated carbocycles. The number of ether oxygens (including phenoxy) is 1. The maximum Gasteiger partial charge on any atom is 0.301 e. The topological polar surface area (TPSA) is 201 Å². The van der Waals surface area contributed by atoms with Gasteiger partial charge in [0.05, 0.1) is 53.1 Å². The van der Waals surface area contributed by atoms with Crippen LogP contribution in [0.5, 0.6) is 11.5 Å². The summed E-state index contributed by atoms with van der Waals surface area (Å²) in [7, 11) is 0. The summed E-state index contributed by atoms with van der Waals surface area (Å²) >= 11 is 0. The number of non-ortho nitro benzene ring substituents is 1. The Hall–Kier alpha value is -4.85. The van der Waals surface area contributed by atoms with Gasteiger partial charge in [-0.25, -0.2) is 0 Å². The first-order valence-corrected chi connectivity index (χ1v) is 16.8. The molecule has 0 aliphatic heterocycles. The molecule has 0 heterocycles. The first-order chi connectivity index (χ1) is 23.9. The Morgan fingerprint density at radius 3 is 2.24 bits per heavy atom. The standard InChI is InChI=1S/C37H48N4O9/c1-5-10-26(34(43)20-35(27(22-42)11-6-2)50-23-25-12-8-7-9-13-25)17-29-18-28(16-24(3)4)36(44)31(37(29)45)21-38-39-32-15-14-30(40(46)47)19-33(32)41(48)49/h7-9,11-15,18-19,21,24,26,34-35,39,42-45H,5-6,10,16-17,20,22-23H2,1-4H3/b27-11+,38-21+/t26-,34+,35+/m0/s1. The van der Waals surface area contributed by atoms with Crippen molar-refractivity contribution in [2.24, 2.45) is 16.9 Å². The summed E-state index contributed by atoms with van der Waals surface area (Å²) in [5, 5.41) is 71.1. The third-order valence-electron chi connectivity index (χ3n) is 8.36. The first-order valence-electron chi connectivity index (χ1n) is 16.8. The summed E-state index contributed by atoms with van der Waals surface area (Å²) in [5.74, 6) is -0.642. The number of benzene rings is 3. The van der Waals surface area contributed by atoms with Gasteiger partial charge in [-0.05, 0) is 71.9 Å². The summed E-state index contributed by atoms with van der Waals surface area (Å²) in [4.78, 5) is 21.1. The summed E-state index contributed by atoms with van der Waals surface area (Å²) in [6, 6.07) is 14.4. The maximum atomic E-state index is 11.6. The average Bonchev–Trinajstić information content (AvgIpc) is 3.08. The largest absolute Gasteiger partial charge is 0.507 e. The van der Waals surface area contributed by atoms with Crippen LogP contribution in [0.15, 0.2) is 71.3 Å². The van der Waals surface area contributed by atoms with Crippen LogP contribution in [0.4, 0.5) is 17.1 Å². The number of phenolic OH excluding ortho intramolecular Hbond substituents is 2.